The van der Waals surface area contributed by atoms with Gasteiger partial charge >= 0.3 is 0 Å². The molecule has 0 aliphatic carbocycles. The monoisotopic (exact) mass is 353 g/mol. The summed E-state index contributed by atoms with van der Waals surface area (Å²) in [6.45, 7) is 4.05. The maximum Gasteiger partial charge on any atom is 0.251 e. The van der Waals surface area contributed by atoms with Crippen LogP contribution in [0.5, 0.6) is 5.75 Å². The molecule has 2 aromatic rings. The molecule has 0 aliphatic rings. The molecular formula is C15H16BrNO2S. The quantitative estimate of drug-likeness (QED) is 0.875. The largest absolute Gasteiger partial charge is 0.507 e. The summed E-state index contributed by atoms with van der Waals surface area (Å²) in [4.78, 5) is 14.6. The molecule has 2 N–H and O–H groups in total. The molecule has 0 aliphatic heterocycles. The summed E-state index contributed by atoms with van der Waals surface area (Å²) in [5.74, 6) is -0.104. The van der Waals surface area contributed by atoms with E-state index in [-0.39, 0.29) is 17.7 Å². The van der Waals surface area contributed by atoms with Crippen LogP contribution in [0.1, 0.15) is 27.0 Å². The maximum atomic E-state index is 12.1. The van der Waals surface area contributed by atoms with Gasteiger partial charge in [0.15, 0.2) is 0 Å². The number of halogens is 1. The number of phenols is 1. The predicted molar refractivity (Wildman–Crippen MR) is 85.5 cm³/mol. The van der Waals surface area contributed by atoms with Gasteiger partial charge in [-0.25, -0.2) is 0 Å². The zero-order valence-electron chi connectivity index (χ0n) is 11.3. The van der Waals surface area contributed by atoms with Crippen molar-refractivity contribution >= 4 is 33.2 Å². The lowest BCUT2D eigenvalue weighted by Crippen LogP contribution is -2.33. The standard InChI is InChI=1S/C15H16BrNO2S/c1-9(7-12-5-3-10(2)20-12)17-15(19)11-4-6-13(16)14(18)8-11/h3-6,8-9,18H,7H2,1-2H3,(H,17,19). The van der Waals surface area contributed by atoms with Gasteiger partial charge in [-0.15, -0.1) is 11.3 Å². The van der Waals surface area contributed by atoms with Gasteiger partial charge < -0.3 is 10.4 Å². The molecule has 2 rings (SSSR count). The van der Waals surface area contributed by atoms with Crippen LogP contribution >= 0.6 is 27.3 Å². The Labute approximate surface area is 130 Å². The Balaban J connectivity index is 1.98. The number of benzene rings is 1. The molecule has 5 heteroatoms. The highest BCUT2D eigenvalue weighted by molar-refractivity contribution is 9.10. The average Bonchev–Trinajstić information content (AvgIpc) is 2.77. The third-order valence-corrected chi connectivity index (χ3v) is 4.58. The molecule has 0 fully saturated rings. The molecule has 106 valence electrons. The molecule has 1 aromatic heterocycles. The summed E-state index contributed by atoms with van der Waals surface area (Å²) >= 11 is 4.94. The molecule has 3 nitrogen and oxygen atoms in total. The third-order valence-electron chi connectivity index (χ3n) is 2.89. The fraction of sp³-hybridized carbons (Fsp3) is 0.267. The zero-order chi connectivity index (χ0) is 14.7. The zero-order valence-corrected chi connectivity index (χ0v) is 13.7. The second-order valence-corrected chi connectivity index (χ2v) is 6.98. The predicted octanol–water partition coefficient (Wildman–Crippen LogP) is 3.89. The summed E-state index contributed by atoms with van der Waals surface area (Å²) in [6.07, 6.45) is 0.812. The van der Waals surface area contributed by atoms with Gasteiger partial charge in [0.2, 0.25) is 0 Å². The van der Waals surface area contributed by atoms with Crippen molar-refractivity contribution in [3.05, 3.63) is 50.1 Å². The number of nitrogens with one attached hydrogen (secondary N) is 1. The maximum absolute atomic E-state index is 12.1. The third kappa shape index (κ3) is 3.84. The Bertz CT molecular complexity index is 624. The minimum atomic E-state index is -0.173. The first-order chi connectivity index (χ1) is 9.45. The normalized spacial score (nSPS) is 12.2. The molecule has 0 bridgehead atoms. The number of thiophene rings is 1. The number of amides is 1. The fourth-order valence-corrected chi connectivity index (χ4v) is 3.17. The minimum absolute atomic E-state index is 0.0475. The topological polar surface area (TPSA) is 49.3 Å². The van der Waals surface area contributed by atoms with E-state index in [4.69, 9.17) is 0 Å². The SMILES string of the molecule is Cc1ccc(CC(C)NC(=O)c2ccc(Br)c(O)c2)s1. The van der Waals surface area contributed by atoms with Gasteiger partial charge in [0.1, 0.15) is 5.75 Å². The van der Waals surface area contributed by atoms with E-state index in [1.165, 1.54) is 15.8 Å². The number of phenolic OH excluding ortho intramolecular Hbond substituents is 1. The van der Waals surface area contributed by atoms with Gasteiger partial charge in [-0.1, -0.05) is 0 Å². The van der Waals surface area contributed by atoms with Crippen LogP contribution in [0, 0.1) is 6.92 Å². The number of hydrogen-bond donors (Lipinski definition) is 2. The first kappa shape index (κ1) is 15.1. The minimum Gasteiger partial charge on any atom is -0.507 e. The van der Waals surface area contributed by atoms with E-state index in [2.05, 4.69) is 40.3 Å². The van der Waals surface area contributed by atoms with Gasteiger partial charge in [0.05, 0.1) is 4.47 Å². The number of aryl methyl sites for hydroxylation is 1. The number of aromatic hydroxyl groups is 1. The van der Waals surface area contributed by atoms with E-state index >= 15 is 0 Å². The van der Waals surface area contributed by atoms with Crippen molar-refractivity contribution in [2.45, 2.75) is 26.3 Å². The molecular weight excluding hydrogens is 338 g/mol. The van der Waals surface area contributed by atoms with Crippen molar-refractivity contribution in [3.8, 4) is 5.75 Å². The lowest BCUT2D eigenvalue weighted by atomic mass is 10.1. The number of carbonyl (C=O) groups excluding carboxylic acids is 1. The molecule has 0 saturated carbocycles. The molecule has 0 radical (unpaired) electrons. The highest BCUT2D eigenvalue weighted by Gasteiger charge is 2.12. The van der Waals surface area contributed by atoms with Crippen molar-refractivity contribution in [3.63, 3.8) is 0 Å². The summed E-state index contributed by atoms with van der Waals surface area (Å²) in [6, 6.07) is 9.03. The molecule has 1 heterocycles. The van der Waals surface area contributed by atoms with Gasteiger partial charge in [-0.3, -0.25) is 4.79 Å². The van der Waals surface area contributed by atoms with Crippen LogP contribution in [0.25, 0.3) is 0 Å². The van der Waals surface area contributed by atoms with E-state index in [0.29, 0.717) is 10.0 Å². The van der Waals surface area contributed by atoms with E-state index < -0.39 is 0 Å². The Morgan fingerprint density at radius 2 is 2.15 bits per heavy atom. The molecule has 1 atom stereocenters. The van der Waals surface area contributed by atoms with Gasteiger partial charge in [-0.05, 0) is 60.1 Å². The molecule has 1 aromatic carbocycles. The second-order valence-electron chi connectivity index (χ2n) is 4.76. The van der Waals surface area contributed by atoms with Crippen LogP contribution in [0.4, 0.5) is 0 Å². The lowest BCUT2D eigenvalue weighted by molar-refractivity contribution is 0.0940. The first-order valence-corrected chi connectivity index (χ1v) is 7.91. The van der Waals surface area contributed by atoms with Crippen LogP contribution in [0.2, 0.25) is 0 Å². The summed E-state index contributed by atoms with van der Waals surface area (Å²) in [7, 11) is 0. The van der Waals surface area contributed by atoms with Crippen molar-refractivity contribution in [2.75, 3.05) is 0 Å². The van der Waals surface area contributed by atoms with Crippen LogP contribution < -0.4 is 5.32 Å². The Hall–Kier alpha value is -1.33. The van der Waals surface area contributed by atoms with Crippen LogP contribution in [0.3, 0.4) is 0 Å². The number of rotatable bonds is 4. The number of carbonyl (C=O) groups is 1. The molecule has 0 saturated heterocycles. The second kappa shape index (κ2) is 6.41. The highest BCUT2D eigenvalue weighted by Crippen LogP contribution is 2.24. The Morgan fingerprint density at radius 1 is 1.40 bits per heavy atom. The fourth-order valence-electron chi connectivity index (χ4n) is 1.91. The van der Waals surface area contributed by atoms with Crippen LogP contribution in [0.15, 0.2) is 34.8 Å². The van der Waals surface area contributed by atoms with Crippen LogP contribution in [-0.2, 0) is 6.42 Å². The summed E-state index contributed by atoms with van der Waals surface area (Å²) in [5.41, 5.74) is 0.458. The molecule has 1 unspecified atom stereocenters. The smallest absolute Gasteiger partial charge is 0.251 e. The van der Waals surface area contributed by atoms with Crippen LogP contribution in [-0.4, -0.2) is 17.1 Å². The van der Waals surface area contributed by atoms with Gasteiger partial charge in [0, 0.05) is 27.8 Å². The summed E-state index contributed by atoms with van der Waals surface area (Å²) in [5, 5.41) is 12.5. The molecule has 0 spiro atoms. The average molecular weight is 354 g/mol. The van der Waals surface area contributed by atoms with E-state index in [0.717, 1.165) is 6.42 Å². The van der Waals surface area contributed by atoms with Crippen molar-refractivity contribution < 1.29 is 9.90 Å². The van der Waals surface area contributed by atoms with E-state index in [1.807, 2.05) is 6.92 Å². The first-order valence-electron chi connectivity index (χ1n) is 6.30. The van der Waals surface area contributed by atoms with Crippen molar-refractivity contribution in [1.29, 1.82) is 0 Å². The molecule has 20 heavy (non-hydrogen) atoms. The van der Waals surface area contributed by atoms with E-state index in [9.17, 15) is 9.90 Å². The Morgan fingerprint density at radius 3 is 2.75 bits per heavy atom. The summed E-state index contributed by atoms with van der Waals surface area (Å²) < 4.78 is 0.580. The lowest BCUT2D eigenvalue weighted by Gasteiger charge is -2.13. The van der Waals surface area contributed by atoms with Gasteiger partial charge in [-0.2, -0.15) is 0 Å². The Kier molecular flexibility index (Phi) is 4.83. The van der Waals surface area contributed by atoms with Crippen molar-refractivity contribution in [1.82, 2.24) is 5.32 Å². The van der Waals surface area contributed by atoms with E-state index in [1.54, 1.807) is 23.5 Å². The highest BCUT2D eigenvalue weighted by atomic mass is 79.9. The van der Waals surface area contributed by atoms with Gasteiger partial charge in [0.25, 0.3) is 5.91 Å². The van der Waals surface area contributed by atoms with Crippen molar-refractivity contribution in [2.24, 2.45) is 0 Å². The number of hydrogen-bond acceptors (Lipinski definition) is 3. The molecule has 1 amide bonds.